The molecule has 0 bridgehead atoms. The molecule has 1 heterocycles. The van der Waals surface area contributed by atoms with Gasteiger partial charge in [-0.05, 0) is 36.6 Å². The summed E-state index contributed by atoms with van der Waals surface area (Å²) in [5, 5.41) is 13.9. The van der Waals surface area contributed by atoms with Crippen LogP contribution in [0.1, 0.15) is 18.4 Å². The summed E-state index contributed by atoms with van der Waals surface area (Å²) in [6, 6.07) is 10.2. The zero-order valence-corrected chi connectivity index (χ0v) is 18.1. The number of benzene rings is 2. The number of carbonyl (C=O) groups excluding carboxylic acids is 1. The van der Waals surface area contributed by atoms with Gasteiger partial charge in [-0.2, -0.15) is 4.31 Å². The number of nitro groups is 1. The van der Waals surface area contributed by atoms with Crippen molar-refractivity contribution in [3.63, 3.8) is 0 Å². The molecule has 3 rings (SSSR count). The van der Waals surface area contributed by atoms with Gasteiger partial charge in [0.2, 0.25) is 15.9 Å². The van der Waals surface area contributed by atoms with Crippen molar-refractivity contribution in [3.05, 3.63) is 68.2 Å². The number of hydrogen-bond acceptors (Lipinski definition) is 5. The Kier molecular flexibility index (Phi) is 6.97. The topological polar surface area (TPSA) is 110 Å². The van der Waals surface area contributed by atoms with E-state index in [-0.39, 0.29) is 52.1 Å². The van der Waals surface area contributed by atoms with Crippen molar-refractivity contribution >= 4 is 44.8 Å². The van der Waals surface area contributed by atoms with E-state index in [9.17, 15) is 23.3 Å². The number of amides is 1. The van der Waals surface area contributed by atoms with Crippen LogP contribution >= 0.6 is 23.2 Å². The average molecular weight is 472 g/mol. The molecule has 11 heteroatoms. The minimum atomic E-state index is -3.80. The molecule has 1 fully saturated rings. The predicted octanol–water partition coefficient (Wildman–Crippen LogP) is 3.62. The molecule has 30 heavy (non-hydrogen) atoms. The first-order chi connectivity index (χ1) is 14.2. The molecule has 0 saturated carbocycles. The number of hydrogen-bond donors (Lipinski definition) is 1. The Morgan fingerprint density at radius 1 is 1.13 bits per heavy atom. The van der Waals surface area contributed by atoms with E-state index in [2.05, 4.69) is 5.32 Å². The maximum atomic E-state index is 12.9. The number of sulfonamides is 1. The van der Waals surface area contributed by atoms with Crippen LogP contribution in [-0.4, -0.2) is 36.6 Å². The van der Waals surface area contributed by atoms with Crippen molar-refractivity contribution in [1.82, 2.24) is 9.62 Å². The van der Waals surface area contributed by atoms with Crippen LogP contribution < -0.4 is 5.32 Å². The Labute approximate surface area is 184 Å². The molecule has 8 nitrogen and oxygen atoms in total. The molecule has 0 radical (unpaired) electrons. The van der Waals surface area contributed by atoms with Crippen LogP contribution in [0.2, 0.25) is 10.0 Å². The zero-order valence-electron chi connectivity index (χ0n) is 15.8. The highest BCUT2D eigenvalue weighted by Gasteiger charge is 2.33. The van der Waals surface area contributed by atoms with E-state index in [1.54, 1.807) is 12.1 Å². The van der Waals surface area contributed by atoms with E-state index in [1.165, 1.54) is 34.6 Å². The van der Waals surface area contributed by atoms with Gasteiger partial charge in [0.25, 0.3) is 5.69 Å². The van der Waals surface area contributed by atoms with E-state index >= 15 is 0 Å². The summed E-state index contributed by atoms with van der Waals surface area (Å²) in [5.41, 5.74) is 0.725. The molecule has 0 aliphatic carbocycles. The first-order valence-corrected chi connectivity index (χ1v) is 11.3. The maximum Gasteiger partial charge on any atom is 0.269 e. The number of nitrogens with one attached hydrogen (secondary N) is 1. The number of rotatable bonds is 6. The summed E-state index contributed by atoms with van der Waals surface area (Å²) in [6.07, 6.45) is 0.757. The smallest absolute Gasteiger partial charge is 0.269 e. The quantitative estimate of drug-likeness (QED) is 0.510. The van der Waals surface area contributed by atoms with Crippen LogP contribution in [0.5, 0.6) is 0 Å². The van der Waals surface area contributed by atoms with Crippen LogP contribution in [0.3, 0.4) is 0 Å². The molecule has 1 aliphatic heterocycles. The second-order valence-corrected chi connectivity index (χ2v) is 9.64. The maximum absolute atomic E-state index is 12.9. The van der Waals surface area contributed by atoms with Crippen molar-refractivity contribution in [2.24, 2.45) is 5.92 Å². The largest absolute Gasteiger partial charge is 0.352 e. The third-order valence-corrected chi connectivity index (χ3v) is 7.56. The van der Waals surface area contributed by atoms with Gasteiger partial charge >= 0.3 is 0 Å². The number of nitro benzene ring substituents is 1. The standard InChI is InChI=1S/C19H19Cl2N3O5S/c20-15-3-6-17(21)18(11-15)30(28,29)23-9-7-14(8-10-23)19(25)22-12-13-1-4-16(5-2-13)24(26)27/h1-6,11,14H,7-10,12H2,(H,22,25). The van der Waals surface area contributed by atoms with Crippen molar-refractivity contribution in [1.29, 1.82) is 0 Å². The van der Waals surface area contributed by atoms with Gasteiger partial charge < -0.3 is 5.32 Å². The van der Waals surface area contributed by atoms with Gasteiger partial charge in [-0.1, -0.05) is 35.3 Å². The number of piperidine rings is 1. The number of halogens is 2. The van der Waals surface area contributed by atoms with E-state index < -0.39 is 14.9 Å². The van der Waals surface area contributed by atoms with Crippen LogP contribution in [-0.2, 0) is 21.4 Å². The molecular formula is C19H19Cl2N3O5S. The van der Waals surface area contributed by atoms with Gasteiger partial charge in [-0.15, -0.1) is 0 Å². The Hall–Kier alpha value is -2.20. The van der Waals surface area contributed by atoms with E-state index in [1.807, 2.05) is 0 Å². The van der Waals surface area contributed by atoms with Gasteiger partial charge in [0, 0.05) is 42.7 Å². The normalized spacial score (nSPS) is 15.7. The molecule has 2 aromatic rings. The predicted molar refractivity (Wildman–Crippen MR) is 113 cm³/mol. The van der Waals surface area contributed by atoms with Gasteiger partial charge in [0.1, 0.15) is 4.90 Å². The van der Waals surface area contributed by atoms with Gasteiger partial charge in [0.15, 0.2) is 0 Å². The summed E-state index contributed by atoms with van der Waals surface area (Å²) in [6.45, 7) is 0.634. The molecule has 0 unspecified atom stereocenters. The lowest BCUT2D eigenvalue weighted by Gasteiger charge is -2.30. The summed E-state index contributed by atoms with van der Waals surface area (Å²) in [5.74, 6) is -0.490. The molecular weight excluding hydrogens is 453 g/mol. The first-order valence-electron chi connectivity index (χ1n) is 9.15. The highest BCUT2D eigenvalue weighted by atomic mass is 35.5. The van der Waals surface area contributed by atoms with E-state index in [4.69, 9.17) is 23.2 Å². The molecule has 2 aromatic carbocycles. The van der Waals surface area contributed by atoms with Crippen LogP contribution in [0.25, 0.3) is 0 Å². The highest BCUT2D eigenvalue weighted by Crippen LogP contribution is 2.30. The molecule has 0 aromatic heterocycles. The summed E-state index contributed by atoms with van der Waals surface area (Å²) in [4.78, 5) is 22.6. The van der Waals surface area contributed by atoms with E-state index in [0.29, 0.717) is 12.8 Å². The zero-order chi connectivity index (χ0) is 21.9. The van der Waals surface area contributed by atoms with Crippen molar-refractivity contribution in [2.45, 2.75) is 24.3 Å². The fourth-order valence-electron chi connectivity index (χ4n) is 3.24. The monoisotopic (exact) mass is 471 g/mol. The van der Waals surface area contributed by atoms with Gasteiger partial charge in [-0.25, -0.2) is 8.42 Å². The molecule has 0 atom stereocenters. The number of carbonyl (C=O) groups is 1. The molecule has 1 saturated heterocycles. The second kappa shape index (κ2) is 9.30. The van der Waals surface area contributed by atoms with Gasteiger partial charge in [0.05, 0.1) is 9.95 Å². The Bertz CT molecular complexity index is 1050. The Balaban J connectivity index is 1.56. The van der Waals surface area contributed by atoms with Crippen LogP contribution in [0, 0.1) is 16.0 Å². The number of non-ortho nitro benzene ring substituents is 1. The lowest BCUT2D eigenvalue weighted by Crippen LogP contribution is -2.42. The Morgan fingerprint density at radius 2 is 1.77 bits per heavy atom. The second-order valence-electron chi connectivity index (χ2n) is 6.89. The summed E-state index contributed by atoms with van der Waals surface area (Å²) in [7, 11) is -3.80. The molecule has 1 N–H and O–H groups in total. The number of nitrogens with zero attached hydrogens (tertiary/aromatic N) is 2. The van der Waals surface area contributed by atoms with Crippen LogP contribution in [0.15, 0.2) is 47.4 Å². The van der Waals surface area contributed by atoms with Gasteiger partial charge in [-0.3, -0.25) is 14.9 Å². The molecule has 1 amide bonds. The summed E-state index contributed by atoms with van der Waals surface area (Å²) >= 11 is 11.9. The average Bonchev–Trinajstić information content (AvgIpc) is 2.74. The third-order valence-electron chi connectivity index (χ3n) is 4.95. The third kappa shape index (κ3) is 5.10. The molecule has 0 spiro atoms. The minimum Gasteiger partial charge on any atom is -0.352 e. The van der Waals surface area contributed by atoms with Crippen molar-refractivity contribution in [2.75, 3.05) is 13.1 Å². The molecule has 160 valence electrons. The Morgan fingerprint density at radius 3 is 2.37 bits per heavy atom. The minimum absolute atomic E-state index is 0.0153. The lowest BCUT2D eigenvalue weighted by atomic mass is 9.97. The SMILES string of the molecule is O=C(NCc1ccc([N+](=O)[O-])cc1)C1CCN(S(=O)(=O)c2cc(Cl)ccc2Cl)CC1. The first kappa shape index (κ1) is 22.5. The highest BCUT2D eigenvalue weighted by molar-refractivity contribution is 7.89. The lowest BCUT2D eigenvalue weighted by molar-refractivity contribution is -0.384. The van der Waals surface area contributed by atoms with Crippen molar-refractivity contribution < 1.29 is 18.1 Å². The fraction of sp³-hybridized carbons (Fsp3) is 0.316. The summed E-state index contributed by atoms with van der Waals surface area (Å²) < 4.78 is 27.0. The molecule has 1 aliphatic rings. The van der Waals surface area contributed by atoms with E-state index in [0.717, 1.165) is 5.56 Å². The van der Waals surface area contributed by atoms with Crippen LogP contribution in [0.4, 0.5) is 5.69 Å². The van der Waals surface area contributed by atoms with Crippen molar-refractivity contribution in [3.8, 4) is 0 Å². The fourth-order valence-corrected chi connectivity index (χ4v) is 5.45.